The Morgan fingerprint density at radius 2 is 1.42 bits per heavy atom. The fraction of sp³-hybridized carbons (Fsp3) is 0.500. The van der Waals surface area contributed by atoms with Crippen LogP contribution in [-0.2, 0) is 4.79 Å². The largest absolute Gasteiger partial charge is 0.355 e. The molecule has 2 aromatic rings. The molecule has 3 atom stereocenters. The van der Waals surface area contributed by atoms with Gasteiger partial charge in [0.25, 0.3) is 0 Å². The first-order valence-electron chi connectivity index (χ1n) is 11.6. The number of rotatable bonds is 3. The molecule has 5 heteroatoms. The van der Waals surface area contributed by atoms with E-state index in [2.05, 4.69) is 10.2 Å². The summed E-state index contributed by atoms with van der Waals surface area (Å²) in [5, 5.41) is 3.09. The second kappa shape index (κ2) is 8.34. The third kappa shape index (κ3) is 3.78. The molecule has 0 bridgehead atoms. The van der Waals surface area contributed by atoms with Crippen molar-refractivity contribution in [3.05, 3.63) is 71.3 Å². The van der Waals surface area contributed by atoms with Crippen LogP contribution in [0, 0.1) is 17.0 Å². The predicted molar refractivity (Wildman–Crippen MR) is 117 cm³/mol. The van der Waals surface area contributed by atoms with Crippen LogP contribution in [-0.4, -0.2) is 36.5 Å². The van der Waals surface area contributed by atoms with E-state index in [4.69, 9.17) is 0 Å². The topological polar surface area (TPSA) is 32.3 Å². The zero-order valence-corrected chi connectivity index (χ0v) is 17.8. The summed E-state index contributed by atoms with van der Waals surface area (Å²) in [6.45, 7) is 2.42. The molecule has 164 valence electrons. The molecule has 1 N–H and O–H groups in total. The molecule has 3 nitrogen and oxygen atoms in total. The van der Waals surface area contributed by atoms with Crippen molar-refractivity contribution in [2.75, 3.05) is 19.6 Å². The van der Waals surface area contributed by atoms with E-state index in [-0.39, 0.29) is 23.5 Å². The fourth-order valence-electron chi connectivity index (χ4n) is 6.33. The number of piperidine rings is 1. The third-order valence-electron chi connectivity index (χ3n) is 8.05. The SMILES string of the molecule is O=C1NC[C@H](c2ccc(F)cc2)C12CCN(C1CCCCC1c1ccc(F)cc1)CC2. The van der Waals surface area contributed by atoms with Gasteiger partial charge in [-0.15, -0.1) is 0 Å². The first kappa shape index (κ1) is 20.6. The number of amides is 1. The van der Waals surface area contributed by atoms with Crippen LogP contribution in [0.5, 0.6) is 0 Å². The van der Waals surface area contributed by atoms with E-state index in [9.17, 15) is 13.6 Å². The molecular formula is C26H30F2N2O. The highest BCUT2D eigenvalue weighted by atomic mass is 19.1. The van der Waals surface area contributed by atoms with Crippen molar-refractivity contribution in [1.82, 2.24) is 10.2 Å². The normalized spacial score (nSPS) is 28.6. The first-order chi connectivity index (χ1) is 15.1. The highest BCUT2D eigenvalue weighted by Gasteiger charge is 2.52. The first-order valence-corrected chi connectivity index (χ1v) is 11.6. The lowest BCUT2D eigenvalue weighted by atomic mass is 9.67. The summed E-state index contributed by atoms with van der Waals surface area (Å²) in [4.78, 5) is 15.5. The number of carbonyl (C=O) groups is 1. The molecule has 2 aliphatic heterocycles. The summed E-state index contributed by atoms with van der Waals surface area (Å²) in [7, 11) is 0. The van der Waals surface area contributed by atoms with E-state index < -0.39 is 5.41 Å². The molecule has 1 saturated carbocycles. The Bertz CT molecular complexity index is 919. The van der Waals surface area contributed by atoms with E-state index in [0.29, 0.717) is 18.5 Å². The second-order valence-corrected chi connectivity index (χ2v) is 9.52. The number of nitrogens with one attached hydrogen (secondary N) is 1. The van der Waals surface area contributed by atoms with Gasteiger partial charge in [-0.2, -0.15) is 0 Å². The van der Waals surface area contributed by atoms with Crippen LogP contribution in [0.1, 0.15) is 61.5 Å². The van der Waals surface area contributed by atoms with Crippen LogP contribution < -0.4 is 5.32 Å². The van der Waals surface area contributed by atoms with Crippen molar-refractivity contribution in [2.24, 2.45) is 5.41 Å². The molecule has 0 aromatic heterocycles. The lowest BCUT2D eigenvalue weighted by Crippen LogP contribution is -2.51. The minimum atomic E-state index is -0.394. The summed E-state index contributed by atoms with van der Waals surface area (Å²) in [6.07, 6.45) is 6.38. The maximum absolute atomic E-state index is 13.4. The van der Waals surface area contributed by atoms with E-state index in [0.717, 1.165) is 44.3 Å². The van der Waals surface area contributed by atoms with Crippen molar-refractivity contribution in [3.63, 3.8) is 0 Å². The zero-order chi connectivity index (χ0) is 21.4. The summed E-state index contributed by atoms with van der Waals surface area (Å²) in [5.74, 6) is 0.250. The lowest BCUT2D eigenvalue weighted by molar-refractivity contribution is -0.131. The summed E-state index contributed by atoms with van der Waals surface area (Å²) >= 11 is 0. The van der Waals surface area contributed by atoms with Crippen molar-refractivity contribution in [3.8, 4) is 0 Å². The molecule has 1 spiro atoms. The number of halogens is 2. The number of benzene rings is 2. The molecule has 2 heterocycles. The van der Waals surface area contributed by atoms with Gasteiger partial charge in [0, 0.05) is 18.5 Å². The van der Waals surface area contributed by atoms with Gasteiger partial charge in [-0.3, -0.25) is 9.69 Å². The van der Waals surface area contributed by atoms with Gasteiger partial charge in [0.1, 0.15) is 11.6 Å². The molecule has 1 aliphatic carbocycles. The minimum absolute atomic E-state index is 0.0991. The fourth-order valence-corrected chi connectivity index (χ4v) is 6.33. The van der Waals surface area contributed by atoms with Gasteiger partial charge >= 0.3 is 0 Å². The van der Waals surface area contributed by atoms with Gasteiger partial charge in [-0.1, -0.05) is 37.1 Å². The average Bonchev–Trinajstić information content (AvgIpc) is 3.11. The number of nitrogens with zero attached hydrogens (tertiary/aromatic N) is 1. The Morgan fingerprint density at radius 1 is 0.839 bits per heavy atom. The Hall–Kier alpha value is -2.27. The van der Waals surface area contributed by atoms with Crippen molar-refractivity contribution in [2.45, 2.75) is 56.4 Å². The molecule has 0 radical (unpaired) electrons. The highest BCUT2D eigenvalue weighted by molar-refractivity contribution is 5.86. The Balaban J connectivity index is 1.34. The molecule has 3 aliphatic rings. The van der Waals surface area contributed by atoms with Gasteiger partial charge in [0.15, 0.2) is 0 Å². The third-order valence-corrected chi connectivity index (χ3v) is 8.05. The van der Waals surface area contributed by atoms with Crippen LogP contribution in [0.4, 0.5) is 8.78 Å². The maximum Gasteiger partial charge on any atom is 0.227 e. The molecule has 2 unspecified atom stereocenters. The van der Waals surface area contributed by atoms with Gasteiger partial charge in [-0.25, -0.2) is 8.78 Å². The van der Waals surface area contributed by atoms with Crippen LogP contribution in [0.3, 0.4) is 0 Å². The van der Waals surface area contributed by atoms with E-state index in [1.165, 1.54) is 30.5 Å². The second-order valence-electron chi connectivity index (χ2n) is 9.52. The van der Waals surface area contributed by atoms with Gasteiger partial charge in [-0.05, 0) is 80.1 Å². The van der Waals surface area contributed by atoms with E-state index in [1.54, 1.807) is 12.1 Å². The Morgan fingerprint density at radius 3 is 2.06 bits per heavy atom. The van der Waals surface area contributed by atoms with Crippen LogP contribution in [0.25, 0.3) is 0 Å². The molecule has 1 amide bonds. The van der Waals surface area contributed by atoms with E-state index >= 15 is 0 Å². The minimum Gasteiger partial charge on any atom is -0.355 e. The number of hydrogen-bond acceptors (Lipinski definition) is 2. The van der Waals surface area contributed by atoms with Gasteiger partial charge < -0.3 is 5.32 Å². The Labute approximate surface area is 182 Å². The molecular weight excluding hydrogens is 394 g/mol. The molecule has 2 saturated heterocycles. The highest BCUT2D eigenvalue weighted by Crippen LogP contribution is 2.49. The molecule has 31 heavy (non-hydrogen) atoms. The Kier molecular flexibility index (Phi) is 5.55. The average molecular weight is 425 g/mol. The number of carbonyl (C=O) groups excluding carboxylic acids is 1. The maximum atomic E-state index is 13.4. The number of likely N-dealkylation sites (tertiary alicyclic amines) is 1. The monoisotopic (exact) mass is 424 g/mol. The van der Waals surface area contributed by atoms with E-state index in [1.807, 2.05) is 24.3 Å². The van der Waals surface area contributed by atoms with Crippen LogP contribution >= 0.6 is 0 Å². The molecule has 2 aromatic carbocycles. The standard InChI is InChI=1S/C26H30F2N2O/c27-20-9-5-18(6-10-20)22-3-1-2-4-24(22)30-15-13-26(14-16-30)23(17-29-25(26)31)19-7-11-21(28)12-8-19/h5-12,22-24H,1-4,13-17H2,(H,29,31)/t22?,23-,24?/m1/s1. The molecule has 3 fully saturated rings. The van der Waals surface area contributed by atoms with Gasteiger partial charge in [0.05, 0.1) is 5.41 Å². The van der Waals surface area contributed by atoms with Crippen molar-refractivity contribution < 1.29 is 13.6 Å². The number of hydrogen-bond donors (Lipinski definition) is 1. The van der Waals surface area contributed by atoms with Crippen molar-refractivity contribution >= 4 is 5.91 Å². The quantitative estimate of drug-likeness (QED) is 0.753. The van der Waals surface area contributed by atoms with Crippen molar-refractivity contribution in [1.29, 1.82) is 0 Å². The lowest BCUT2D eigenvalue weighted by Gasteiger charge is -2.47. The molecule has 5 rings (SSSR count). The van der Waals surface area contributed by atoms with Crippen LogP contribution in [0.15, 0.2) is 48.5 Å². The summed E-state index contributed by atoms with van der Waals surface area (Å²) in [6, 6.07) is 14.1. The summed E-state index contributed by atoms with van der Waals surface area (Å²) in [5.41, 5.74) is 1.89. The smallest absolute Gasteiger partial charge is 0.227 e. The summed E-state index contributed by atoms with van der Waals surface area (Å²) < 4.78 is 26.9. The zero-order valence-electron chi connectivity index (χ0n) is 17.8. The van der Waals surface area contributed by atoms with Crippen LogP contribution in [0.2, 0.25) is 0 Å². The predicted octanol–water partition coefficient (Wildman–Crippen LogP) is 4.99. The van der Waals surface area contributed by atoms with Gasteiger partial charge in [0.2, 0.25) is 5.91 Å².